The summed E-state index contributed by atoms with van der Waals surface area (Å²) in [4.78, 5) is 11.8. The second-order valence-electron chi connectivity index (χ2n) is 5.20. The average Bonchev–Trinajstić information content (AvgIpc) is 2.54. The molecule has 0 aliphatic carbocycles. The molecule has 0 aliphatic rings. The van der Waals surface area contributed by atoms with E-state index in [1.165, 1.54) is 0 Å². The number of rotatable bonds is 8. The molecule has 0 spiro atoms. The van der Waals surface area contributed by atoms with Crippen LogP contribution in [0.25, 0.3) is 0 Å². The zero-order chi connectivity index (χ0) is 16.5. The number of carbonyl (C=O) groups is 1. The van der Waals surface area contributed by atoms with Crippen LogP contribution in [0.15, 0.2) is 48.5 Å². The van der Waals surface area contributed by atoms with Crippen molar-refractivity contribution in [2.45, 2.75) is 13.0 Å². The number of nitrogens with one attached hydrogen (secondary N) is 2. The summed E-state index contributed by atoms with van der Waals surface area (Å²) < 4.78 is 5.77. The van der Waals surface area contributed by atoms with Gasteiger partial charge in [0.15, 0.2) is 0 Å². The van der Waals surface area contributed by atoms with Crippen LogP contribution < -0.4 is 15.4 Å². The monoisotopic (exact) mass is 332 g/mol. The lowest BCUT2D eigenvalue weighted by Crippen LogP contribution is -2.31. The van der Waals surface area contributed by atoms with Gasteiger partial charge in [0.05, 0.1) is 6.42 Å². The van der Waals surface area contributed by atoms with Crippen LogP contribution in [0.4, 0.5) is 0 Å². The van der Waals surface area contributed by atoms with Crippen LogP contribution in [0.5, 0.6) is 5.75 Å². The maximum atomic E-state index is 11.8. The molecule has 2 N–H and O–H groups in total. The summed E-state index contributed by atoms with van der Waals surface area (Å²) in [5.41, 5.74) is 1.93. The maximum absolute atomic E-state index is 11.8. The smallest absolute Gasteiger partial charge is 0.224 e. The molecule has 0 saturated carbocycles. The standard InChI is InChI=1S/C18H21ClN2O2/c1-20-8-9-21-18(22)12-14-4-3-7-17(11-14)23-13-15-5-2-6-16(19)10-15/h2-7,10-11,20H,8-9,12-13H2,1H3,(H,21,22). The fourth-order valence-corrected chi connectivity index (χ4v) is 2.33. The van der Waals surface area contributed by atoms with Gasteiger partial charge in [-0.2, -0.15) is 0 Å². The van der Waals surface area contributed by atoms with E-state index in [2.05, 4.69) is 10.6 Å². The lowest BCUT2D eigenvalue weighted by atomic mass is 10.1. The molecule has 0 radical (unpaired) electrons. The van der Waals surface area contributed by atoms with Crippen molar-refractivity contribution >= 4 is 17.5 Å². The van der Waals surface area contributed by atoms with Gasteiger partial charge in [-0.05, 0) is 42.4 Å². The van der Waals surface area contributed by atoms with Gasteiger partial charge < -0.3 is 15.4 Å². The molecule has 0 atom stereocenters. The van der Waals surface area contributed by atoms with Crippen molar-refractivity contribution in [2.75, 3.05) is 20.1 Å². The molecule has 5 heteroatoms. The Morgan fingerprint density at radius 3 is 2.65 bits per heavy atom. The topological polar surface area (TPSA) is 50.4 Å². The van der Waals surface area contributed by atoms with Gasteiger partial charge in [-0.15, -0.1) is 0 Å². The van der Waals surface area contributed by atoms with Crippen LogP contribution in [0.3, 0.4) is 0 Å². The Morgan fingerprint density at radius 1 is 1.09 bits per heavy atom. The molecule has 0 aliphatic heterocycles. The van der Waals surface area contributed by atoms with Crippen LogP contribution in [0.2, 0.25) is 5.02 Å². The van der Waals surface area contributed by atoms with Crippen molar-refractivity contribution in [3.63, 3.8) is 0 Å². The number of benzene rings is 2. The van der Waals surface area contributed by atoms with Gasteiger partial charge in [0.2, 0.25) is 5.91 Å². The van der Waals surface area contributed by atoms with E-state index >= 15 is 0 Å². The van der Waals surface area contributed by atoms with Gasteiger partial charge in [0, 0.05) is 18.1 Å². The van der Waals surface area contributed by atoms with Crippen molar-refractivity contribution in [2.24, 2.45) is 0 Å². The largest absolute Gasteiger partial charge is 0.489 e. The molecule has 122 valence electrons. The number of hydrogen-bond donors (Lipinski definition) is 2. The highest BCUT2D eigenvalue weighted by Crippen LogP contribution is 2.17. The molecule has 2 rings (SSSR count). The van der Waals surface area contributed by atoms with E-state index < -0.39 is 0 Å². The third kappa shape index (κ3) is 6.30. The van der Waals surface area contributed by atoms with Crippen LogP contribution in [-0.4, -0.2) is 26.0 Å². The molecule has 0 saturated heterocycles. The fraction of sp³-hybridized carbons (Fsp3) is 0.278. The Balaban J connectivity index is 1.88. The molecular weight excluding hydrogens is 312 g/mol. The summed E-state index contributed by atoms with van der Waals surface area (Å²) in [6, 6.07) is 15.2. The van der Waals surface area contributed by atoms with E-state index in [0.717, 1.165) is 23.4 Å². The summed E-state index contributed by atoms with van der Waals surface area (Å²) in [7, 11) is 1.85. The molecule has 0 bridgehead atoms. The van der Waals surface area contributed by atoms with Crippen LogP contribution in [-0.2, 0) is 17.8 Å². The molecule has 0 unspecified atom stereocenters. The van der Waals surface area contributed by atoms with Gasteiger partial charge in [0.25, 0.3) is 0 Å². The van der Waals surface area contributed by atoms with Crippen molar-refractivity contribution in [1.29, 1.82) is 0 Å². The second-order valence-corrected chi connectivity index (χ2v) is 5.63. The lowest BCUT2D eigenvalue weighted by Gasteiger charge is -2.09. The van der Waals surface area contributed by atoms with Crippen LogP contribution in [0.1, 0.15) is 11.1 Å². The molecule has 2 aromatic carbocycles. The molecule has 4 nitrogen and oxygen atoms in total. The number of halogens is 1. The first-order valence-corrected chi connectivity index (χ1v) is 7.92. The van der Waals surface area contributed by atoms with Crippen molar-refractivity contribution in [3.05, 3.63) is 64.7 Å². The molecular formula is C18H21ClN2O2. The van der Waals surface area contributed by atoms with Crippen LogP contribution in [0, 0.1) is 0 Å². The highest BCUT2D eigenvalue weighted by Gasteiger charge is 2.04. The van der Waals surface area contributed by atoms with Crippen molar-refractivity contribution in [1.82, 2.24) is 10.6 Å². The Bertz CT molecular complexity index is 646. The van der Waals surface area contributed by atoms with E-state index in [1.54, 1.807) is 0 Å². The zero-order valence-electron chi connectivity index (χ0n) is 13.1. The van der Waals surface area contributed by atoms with Gasteiger partial charge in [-0.3, -0.25) is 4.79 Å². The first-order valence-electron chi connectivity index (χ1n) is 7.55. The second kappa shape index (κ2) is 9.18. The summed E-state index contributed by atoms with van der Waals surface area (Å²) >= 11 is 5.96. The predicted molar refractivity (Wildman–Crippen MR) is 92.9 cm³/mol. The first-order chi connectivity index (χ1) is 11.2. The van der Waals surface area contributed by atoms with Crippen molar-refractivity contribution < 1.29 is 9.53 Å². The summed E-state index contributed by atoms with van der Waals surface area (Å²) in [6.07, 6.45) is 0.345. The Labute approximate surface area is 141 Å². The number of hydrogen-bond acceptors (Lipinski definition) is 3. The molecule has 0 aromatic heterocycles. The zero-order valence-corrected chi connectivity index (χ0v) is 13.9. The van der Waals surface area contributed by atoms with E-state index in [1.807, 2.05) is 55.6 Å². The first kappa shape index (κ1) is 17.3. The maximum Gasteiger partial charge on any atom is 0.224 e. The summed E-state index contributed by atoms with van der Waals surface area (Å²) in [5.74, 6) is 0.748. The fourth-order valence-electron chi connectivity index (χ4n) is 2.11. The number of carbonyl (C=O) groups excluding carboxylic acids is 1. The minimum atomic E-state index is 0.00670. The minimum absolute atomic E-state index is 0.00670. The Hall–Kier alpha value is -2.04. The molecule has 2 aromatic rings. The van der Waals surface area contributed by atoms with E-state index in [0.29, 0.717) is 24.6 Å². The van der Waals surface area contributed by atoms with E-state index in [9.17, 15) is 4.79 Å². The molecule has 23 heavy (non-hydrogen) atoms. The normalized spacial score (nSPS) is 10.3. The number of likely N-dealkylation sites (N-methyl/N-ethyl adjacent to an activating group) is 1. The molecule has 0 fully saturated rings. The predicted octanol–water partition coefficient (Wildman–Crippen LogP) is 2.80. The van der Waals surface area contributed by atoms with E-state index in [-0.39, 0.29) is 5.91 Å². The van der Waals surface area contributed by atoms with E-state index in [4.69, 9.17) is 16.3 Å². The third-order valence-corrected chi connectivity index (χ3v) is 3.49. The third-order valence-electron chi connectivity index (χ3n) is 3.25. The summed E-state index contributed by atoms with van der Waals surface area (Å²) in [6.45, 7) is 1.83. The van der Waals surface area contributed by atoms with Gasteiger partial charge in [-0.25, -0.2) is 0 Å². The quantitative estimate of drug-likeness (QED) is 0.731. The number of ether oxygens (including phenoxy) is 1. The van der Waals surface area contributed by atoms with Gasteiger partial charge in [0.1, 0.15) is 12.4 Å². The van der Waals surface area contributed by atoms with Crippen LogP contribution >= 0.6 is 11.6 Å². The Morgan fingerprint density at radius 2 is 1.87 bits per heavy atom. The SMILES string of the molecule is CNCCNC(=O)Cc1cccc(OCc2cccc(Cl)c2)c1. The molecule has 0 heterocycles. The Kier molecular flexibility index (Phi) is 6.91. The highest BCUT2D eigenvalue weighted by atomic mass is 35.5. The number of amides is 1. The minimum Gasteiger partial charge on any atom is -0.489 e. The molecule has 1 amide bonds. The average molecular weight is 333 g/mol. The summed E-state index contributed by atoms with van der Waals surface area (Å²) in [5, 5.41) is 6.54. The highest BCUT2D eigenvalue weighted by molar-refractivity contribution is 6.30. The lowest BCUT2D eigenvalue weighted by molar-refractivity contribution is -0.120. The van der Waals surface area contributed by atoms with Gasteiger partial charge >= 0.3 is 0 Å². The van der Waals surface area contributed by atoms with Crippen molar-refractivity contribution in [3.8, 4) is 5.75 Å². The van der Waals surface area contributed by atoms with Gasteiger partial charge in [-0.1, -0.05) is 35.9 Å².